The largest absolute Gasteiger partial charge is 0.384 e. The Morgan fingerprint density at radius 1 is 1.00 bits per heavy atom. The first-order chi connectivity index (χ1) is 15.4. The van der Waals surface area contributed by atoms with Crippen LogP contribution < -0.4 is 10.2 Å². The fourth-order valence-electron chi connectivity index (χ4n) is 6.05. The molecule has 2 heterocycles. The van der Waals surface area contributed by atoms with Crippen LogP contribution in [0.1, 0.15) is 49.7 Å². The smallest absolute Gasteiger partial charge is 0.247 e. The zero-order valence-electron chi connectivity index (χ0n) is 18.7. The van der Waals surface area contributed by atoms with Gasteiger partial charge in [-0.3, -0.25) is 9.69 Å². The number of carbonyl (C=O) groups is 1. The number of anilines is 1. The summed E-state index contributed by atoms with van der Waals surface area (Å²) in [6, 6.07) is 14.7. The Hall–Kier alpha value is -2.44. The van der Waals surface area contributed by atoms with E-state index in [0.717, 1.165) is 56.4 Å². The van der Waals surface area contributed by atoms with Gasteiger partial charge in [0.25, 0.3) is 0 Å². The van der Waals surface area contributed by atoms with Gasteiger partial charge < -0.3 is 15.3 Å². The van der Waals surface area contributed by atoms with Gasteiger partial charge in [0.05, 0.1) is 6.67 Å². The molecule has 2 aromatic carbocycles. The van der Waals surface area contributed by atoms with E-state index >= 15 is 0 Å². The van der Waals surface area contributed by atoms with Gasteiger partial charge >= 0.3 is 0 Å². The molecule has 2 unspecified atom stereocenters. The van der Waals surface area contributed by atoms with Crippen molar-refractivity contribution in [3.05, 3.63) is 65.5 Å². The summed E-state index contributed by atoms with van der Waals surface area (Å²) in [7, 11) is 0. The molecular weight excluding hydrogens is 405 g/mol. The van der Waals surface area contributed by atoms with Crippen molar-refractivity contribution in [1.29, 1.82) is 0 Å². The standard InChI is InChI=1S/C26H32FN3O2/c1-19-5-11-22(12-6-19)30-18-28-24(31)25(30)14-16-29(17-15-25)23-4-2-3-13-26(23,32)20-7-9-21(27)10-8-20/h5-12,23,32H,2-4,13-18H2,1H3,(H,28,31). The number of aryl methyl sites for hydroxylation is 1. The Bertz CT molecular complexity index is 970. The highest BCUT2D eigenvalue weighted by Gasteiger charge is 2.53. The average Bonchev–Trinajstić information content (AvgIpc) is 3.11. The summed E-state index contributed by atoms with van der Waals surface area (Å²) in [4.78, 5) is 17.6. The van der Waals surface area contributed by atoms with Crippen molar-refractivity contribution in [2.75, 3.05) is 24.7 Å². The van der Waals surface area contributed by atoms with Gasteiger partial charge in [-0.1, -0.05) is 42.7 Å². The van der Waals surface area contributed by atoms with Gasteiger partial charge in [-0.25, -0.2) is 4.39 Å². The highest BCUT2D eigenvalue weighted by Crippen LogP contribution is 2.43. The molecule has 2 aliphatic heterocycles. The first-order valence-corrected chi connectivity index (χ1v) is 11.8. The summed E-state index contributed by atoms with van der Waals surface area (Å²) in [5.74, 6) is -0.178. The van der Waals surface area contributed by atoms with Crippen LogP contribution in [-0.4, -0.2) is 47.3 Å². The number of amides is 1. The van der Waals surface area contributed by atoms with Gasteiger partial charge in [-0.15, -0.1) is 0 Å². The van der Waals surface area contributed by atoms with E-state index < -0.39 is 11.1 Å². The minimum absolute atomic E-state index is 0.0173. The lowest BCUT2D eigenvalue weighted by molar-refractivity contribution is -0.127. The molecule has 0 radical (unpaired) electrons. The van der Waals surface area contributed by atoms with Gasteiger partial charge in [0.1, 0.15) is 17.0 Å². The molecule has 5 rings (SSSR count). The number of aliphatic hydroxyl groups is 1. The number of likely N-dealkylation sites (tertiary alicyclic amines) is 1. The second kappa shape index (κ2) is 8.16. The van der Waals surface area contributed by atoms with E-state index in [1.807, 2.05) is 0 Å². The monoisotopic (exact) mass is 437 g/mol. The Morgan fingerprint density at radius 3 is 2.38 bits per heavy atom. The molecule has 3 aliphatic rings. The van der Waals surface area contributed by atoms with Crippen molar-refractivity contribution in [2.24, 2.45) is 0 Å². The molecule has 32 heavy (non-hydrogen) atoms. The second-order valence-electron chi connectivity index (χ2n) is 9.69. The number of hydrogen-bond acceptors (Lipinski definition) is 4. The van der Waals surface area contributed by atoms with Crippen LogP contribution in [0.5, 0.6) is 0 Å². The number of piperidine rings is 1. The minimum atomic E-state index is -0.981. The highest BCUT2D eigenvalue weighted by molar-refractivity contribution is 5.93. The maximum absolute atomic E-state index is 13.5. The average molecular weight is 438 g/mol. The van der Waals surface area contributed by atoms with Crippen molar-refractivity contribution in [3.8, 4) is 0 Å². The number of rotatable bonds is 3. The maximum Gasteiger partial charge on any atom is 0.247 e. The van der Waals surface area contributed by atoms with Crippen molar-refractivity contribution in [2.45, 2.75) is 62.6 Å². The van der Waals surface area contributed by atoms with Crippen LogP contribution in [0.2, 0.25) is 0 Å². The van der Waals surface area contributed by atoms with Crippen LogP contribution in [0.3, 0.4) is 0 Å². The fourth-order valence-corrected chi connectivity index (χ4v) is 6.05. The summed E-state index contributed by atoms with van der Waals surface area (Å²) in [5, 5.41) is 14.8. The zero-order chi connectivity index (χ0) is 22.3. The molecule has 1 aliphatic carbocycles. The Morgan fingerprint density at radius 2 is 1.69 bits per heavy atom. The Balaban J connectivity index is 1.37. The first kappa shape index (κ1) is 21.4. The Labute approximate surface area is 189 Å². The van der Waals surface area contributed by atoms with Crippen molar-refractivity contribution in [1.82, 2.24) is 10.2 Å². The minimum Gasteiger partial charge on any atom is -0.384 e. The topological polar surface area (TPSA) is 55.8 Å². The number of nitrogens with zero attached hydrogens (tertiary/aromatic N) is 2. The van der Waals surface area contributed by atoms with Crippen molar-refractivity contribution >= 4 is 11.6 Å². The summed E-state index contributed by atoms with van der Waals surface area (Å²) in [6.07, 6.45) is 5.08. The van der Waals surface area contributed by atoms with Crippen LogP contribution in [0.25, 0.3) is 0 Å². The van der Waals surface area contributed by atoms with Crippen molar-refractivity contribution < 1.29 is 14.3 Å². The number of nitrogens with one attached hydrogen (secondary N) is 1. The molecule has 2 N–H and O–H groups in total. The van der Waals surface area contributed by atoms with Crippen LogP contribution in [0.15, 0.2) is 48.5 Å². The number of hydrogen-bond donors (Lipinski definition) is 2. The third-order valence-electron chi connectivity index (χ3n) is 7.93. The van der Waals surface area contributed by atoms with Gasteiger partial charge in [0.2, 0.25) is 5.91 Å². The highest BCUT2D eigenvalue weighted by atomic mass is 19.1. The third-order valence-corrected chi connectivity index (χ3v) is 7.93. The zero-order valence-corrected chi connectivity index (χ0v) is 18.7. The molecule has 1 amide bonds. The molecule has 0 bridgehead atoms. The van der Waals surface area contributed by atoms with Gasteiger partial charge in [0.15, 0.2) is 0 Å². The second-order valence-corrected chi connectivity index (χ2v) is 9.69. The molecule has 6 heteroatoms. The lowest BCUT2D eigenvalue weighted by atomic mass is 9.73. The molecule has 5 nitrogen and oxygen atoms in total. The summed E-state index contributed by atoms with van der Waals surface area (Å²) in [6.45, 7) is 4.11. The summed E-state index contributed by atoms with van der Waals surface area (Å²) >= 11 is 0. The lowest BCUT2D eigenvalue weighted by Crippen LogP contribution is -2.61. The quantitative estimate of drug-likeness (QED) is 0.769. The molecule has 170 valence electrons. The van der Waals surface area contributed by atoms with Crippen LogP contribution in [-0.2, 0) is 10.4 Å². The summed E-state index contributed by atoms with van der Waals surface area (Å²) in [5.41, 5.74) is 1.56. The lowest BCUT2D eigenvalue weighted by Gasteiger charge is -2.51. The van der Waals surface area contributed by atoms with Crippen LogP contribution in [0, 0.1) is 12.7 Å². The number of benzene rings is 2. The molecule has 2 saturated heterocycles. The van der Waals surface area contributed by atoms with Crippen molar-refractivity contribution in [3.63, 3.8) is 0 Å². The van der Waals surface area contributed by atoms with Crippen LogP contribution >= 0.6 is 0 Å². The molecule has 2 atom stereocenters. The third kappa shape index (κ3) is 3.50. The first-order valence-electron chi connectivity index (χ1n) is 11.8. The molecule has 1 saturated carbocycles. The molecule has 0 aromatic heterocycles. The predicted octanol–water partition coefficient (Wildman–Crippen LogP) is 3.69. The SMILES string of the molecule is Cc1ccc(N2CNC(=O)C23CCN(C2CCCCC2(O)c2ccc(F)cc2)CC3)cc1. The van der Waals surface area contributed by atoms with E-state index in [2.05, 4.69) is 46.3 Å². The fraction of sp³-hybridized carbons (Fsp3) is 0.500. The van der Waals surface area contributed by atoms with E-state index in [1.54, 1.807) is 12.1 Å². The van der Waals surface area contributed by atoms with Crippen LogP contribution in [0.4, 0.5) is 10.1 Å². The number of carbonyl (C=O) groups excluding carboxylic acids is 1. The molecule has 2 aromatic rings. The normalized spacial score (nSPS) is 28.2. The van der Waals surface area contributed by atoms with Gasteiger partial charge in [-0.05, 0) is 62.4 Å². The molecule has 3 fully saturated rings. The molecular formula is C26H32FN3O2. The predicted molar refractivity (Wildman–Crippen MR) is 123 cm³/mol. The van der Waals surface area contributed by atoms with Gasteiger partial charge in [0, 0.05) is 24.8 Å². The van der Waals surface area contributed by atoms with E-state index in [9.17, 15) is 14.3 Å². The summed E-state index contributed by atoms with van der Waals surface area (Å²) < 4.78 is 13.5. The van der Waals surface area contributed by atoms with E-state index in [1.165, 1.54) is 17.7 Å². The van der Waals surface area contributed by atoms with Gasteiger partial charge in [-0.2, -0.15) is 0 Å². The van der Waals surface area contributed by atoms with E-state index in [-0.39, 0.29) is 17.8 Å². The van der Waals surface area contributed by atoms with E-state index in [0.29, 0.717) is 13.1 Å². The van der Waals surface area contributed by atoms with E-state index in [4.69, 9.17) is 0 Å². The molecule has 1 spiro atoms. The number of halogens is 1. The maximum atomic E-state index is 13.5. The Kier molecular flexibility index (Phi) is 5.46.